The van der Waals surface area contributed by atoms with Crippen LogP contribution in [-0.4, -0.2) is 30.7 Å². The molecule has 0 spiro atoms. The molecule has 2 aromatic rings. The van der Waals surface area contributed by atoms with Crippen molar-refractivity contribution in [3.63, 3.8) is 0 Å². The lowest BCUT2D eigenvalue weighted by molar-refractivity contribution is -0.139. The molecule has 0 saturated carbocycles. The molecule has 0 atom stereocenters. The molecule has 0 aliphatic rings. The molecule has 2 N–H and O–H groups in total. The van der Waals surface area contributed by atoms with E-state index < -0.39 is 18.0 Å². The standard InChI is InChI=1S/C20H23NO5/c1-20(2,16-9-4-5-10-17(16)25-3)19(24)21-12-14-7-6-8-15(11-14)26-13-18(22)23/h4-11H,12-13H2,1-3H3,(H,21,24)(H,22,23). The van der Waals surface area contributed by atoms with Gasteiger partial charge < -0.3 is 19.9 Å². The summed E-state index contributed by atoms with van der Waals surface area (Å²) in [6.45, 7) is 3.58. The molecule has 0 saturated heterocycles. The molecule has 0 fully saturated rings. The van der Waals surface area contributed by atoms with Crippen LogP contribution in [0.1, 0.15) is 25.0 Å². The molecule has 0 aromatic heterocycles. The maximum absolute atomic E-state index is 12.7. The SMILES string of the molecule is COc1ccccc1C(C)(C)C(=O)NCc1cccc(OCC(=O)O)c1. The summed E-state index contributed by atoms with van der Waals surface area (Å²) in [5, 5.41) is 11.6. The maximum atomic E-state index is 12.7. The number of hydrogen-bond donors (Lipinski definition) is 2. The third kappa shape index (κ3) is 4.75. The zero-order valence-electron chi connectivity index (χ0n) is 15.1. The third-order valence-electron chi connectivity index (χ3n) is 4.06. The lowest BCUT2D eigenvalue weighted by Crippen LogP contribution is -2.39. The van der Waals surface area contributed by atoms with E-state index in [9.17, 15) is 9.59 Å². The number of carbonyl (C=O) groups excluding carboxylic acids is 1. The molecule has 0 aliphatic carbocycles. The van der Waals surface area contributed by atoms with Crippen molar-refractivity contribution in [2.24, 2.45) is 0 Å². The number of carbonyl (C=O) groups is 2. The van der Waals surface area contributed by atoms with Crippen LogP contribution < -0.4 is 14.8 Å². The average Bonchev–Trinajstić information content (AvgIpc) is 2.64. The number of para-hydroxylation sites is 1. The smallest absolute Gasteiger partial charge is 0.341 e. The maximum Gasteiger partial charge on any atom is 0.341 e. The number of rotatable bonds is 8. The van der Waals surface area contributed by atoms with Gasteiger partial charge in [0, 0.05) is 12.1 Å². The Morgan fingerprint density at radius 2 is 1.85 bits per heavy atom. The van der Waals surface area contributed by atoms with Crippen LogP contribution in [0.2, 0.25) is 0 Å². The number of ether oxygens (including phenoxy) is 2. The number of amides is 1. The first-order valence-corrected chi connectivity index (χ1v) is 8.20. The van der Waals surface area contributed by atoms with Crippen LogP contribution in [0, 0.1) is 0 Å². The van der Waals surface area contributed by atoms with Gasteiger partial charge >= 0.3 is 5.97 Å². The fraction of sp³-hybridized carbons (Fsp3) is 0.300. The molecule has 0 radical (unpaired) electrons. The quantitative estimate of drug-likeness (QED) is 0.759. The van der Waals surface area contributed by atoms with E-state index in [1.807, 2.05) is 44.2 Å². The van der Waals surface area contributed by atoms with E-state index in [0.717, 1.165) is 11.1 Å². The van der Waals surface area contributed by atoms with Gasteiger partial charge in [-0.15, -0.1) is 0 Å². The molecule has 26 heavy (non-hydrogen) atoms. The van der Waals surface area contributed by atoms with Crippen molar-refractivity contribution in [3.05, 3.63) is 59.7 Å². The first-order valence-electron chi connectivity index (χ1n) is 8.20. The highest BCUT2D eigenvalue weighted by molar-refractivity contribution is 5.88. The van der Waals surface area contributed by atoms with E-state index in [1.54, 1.807) is 25.3 Å². The Balaban J connectivity index is 2.05. The van der Waals surface area contributed by atoms with Gasteiger partial charge in [-0.1, -0.05) is 30.3 Å². The summed E-state index contributed by atoms with van der Waals surface area (Å²) in [4.78, 5) is 23.3. The molecular formula is C20H23NO5. The van der Waals surface area contributed by atoms with Crippen LogP contribution >= 0.6 is 0 Å². The summed E-state index contributed by atoms with van der Waals surface area (Å²) in [5.74, 6) is -0.0685. The first-order chi connectivity index (χ1) is 12.3. The number of benzene rings is 2. The minimum absolute atomic E-state index is 0.140. The van der Waals surface area contributed by atoms with E-state index in [2.05, 4.69) is 5.32 Å². The minimum Gasteiger partial charge on any atom is -0.496 e. The predicted molar refractivity (Wildman–Crippen MR) is 97.4 cm³/mol. The summed E-state index contributed by atoms with van der Waals surface area (Å²) in [6.07, 6.45) is 0. The monoisotopic (exact) mass is 357 g/mol. The third-order valence-corrected chi connectivity index (χ3v) is 4.06. The van der Waals surface area contributed by atoms with Crippen molar-refractivity contribution in [3.8, 4) is 11.5 Å². The van der Waals surface area contributed by atoms with Crippen molar-refractivity contribution in [1.82, 2.24) is 5.32 Å². The number of hydrogen-bond acceptors (Lipinski definition) is 4. The summed E-state index contributed by atoms with van der Waals surface area (Å²) >= 11 is 0. The van der Waals surface area contributed by atoms with Crippen LogP contribution in [0.25, 0.3) is 0 Å². The number of carboxylic acid groups (broad SMARTS) is 1. The largest absolute Gasteiger partial charge is 0.496 e. The zero-order chi connectivity index (χ0) is 19.2. The second-order valence-electron chi connectivity index (χ2n) is 6.34. The van der Waals surface area contributed by atoms with Gasteiger partial charge in [0.1, 0.15) is 11.5 Å². The lowest BCUT2D eigenvalue weighted by Gasteiger charge is -2.26. The molecule has 0 bridgehead atoms. The van der Waals surface area contributed by atoms with Crippen LogP contribution in [0.3, 0.4) is 0 Å². The highest BCUT2D eigenvalue weighted by Crippen LogP contribution is 2.31. The molecule has 1 amide bonds. The second kappa shape index (κ2) is 8.38. The Bertz CT molecular complexity index is 785. The molecule has 0 unspecified atom stereocenters. The first kappa shape index (κ1) is 19.3. The van der Waals surface area contributed by atoms with Crippen molar-refractivity contribution in [1.29, 1.82) is 0 Å². The van der Waals surface area contributed by atoms with Gasteiger partial charge in [-0.05, 0) is 37.6 Å². The van der Waals surface area contributed by atoms with Crippen LogP contribution in [0.15, 0.2) is 48.5 Å². The lowest BCUT2D eigenvalue weighted by atomic mass is 9.83. The van der Waals surface area contributed by atoms with Crippen molar-refractivity contribution >= 4 is 11.9 Å². The van der Waals surface area contributed by atoms with Crippen LogP contribution in [0.5, 0.6) is 11.5 Å². The Labute approximate surface area is 152 Å². The van der Waals surface area contributed by atoms with E-state index in [0.29, 0.717) is 18.0 Å². The number of methoxy groups -OCH3 is 1. The molecule has 0 aliphatic heterocycles. The van der Waals surface area contributed by atoms with Gasteiger partial charge in [0.05, 0.1) is 12.5 Å². The summed E-state index contributed by atoms with van der Waals surface area (Å²) in [5.41, 5.74) is 0.847. The van der Waals surface area contributed by atoms with Crippen molar-refractivity contribution in [2.45, 2.75) is 25.8 Å². The summed E-state index contributed by atoms with van der Waals surface area (Å²) < 4.78 is 10.5. The minimum atomic E-state index is -1.04. The highest BCUT2D eigenvalue weighted by Gasteiger charge is 2.32. The molecule has 0 heterocycles. The fourth-order valence-corrected chi connectivity index (χ4v) is 2.58. The number of aliphatic carboxylic acids is 1. The second-order valence-corrected chi connectivity index (χ2v) is 6.34. The van der Waals surface area contributed by atoms with Crippen molar-refractivity contribution < 1.29 is 24.2 Å². The molecular weight excluding hydrogens is 334 g/mol. The normalized spacial score (nSPS) is 10.9. The van der Waals surface area contributed by atoms with Gasteiger partial charge in [-0.25, -0.2) is 4.79 Å². The van der Waals surface area contributed by atoms with Gasteiger partial charge in [0.2, 0.25) is 5.91 Å². The Morgan fingerprint density at radius 1 is 1.12 bits per heavy atom. The molecule has 6 heteroatoms. The number of nitrogens with one attached hydrogen (secondary N) is 1. The van der Waals surface area contributed by atoms with Crippen LogP contribution in [0.4, 0.5) is 0 Å². The average molecular weight is 357 g/mol. The molecule has 138 valence electrons. The predicted octanol–water partition coefficient (Wildman–Crippen LogP) is 2.75. The Hall–Kier alpha value is -3.02. The van der Waals surface area contributed by atoms with Gasteiger partial charge in [0.25, 0.3) is 0 Å². The molecule has 6 nitrogen and oxygen atoms in total. The van der Waals surface area contributed by atoms with E-state index in [4.69, 9.17) is 14.6 Å². The Kier molecular flexibility index (Phi) is 6.22. The van der Waals surface area contributed by atoms with Gasteiger partial charge in [0.15, 0.2) is 6.61 Å². The highest BCUT2D eigenvalue weighted by atomic mass is 16.5. The van der Waals surface area contributed by atoms with Gasteiger partial charge in [-0.2, -0.15) is 0 Å². The molecule has 2 aromatic carbocycles. The van der Waals surface area contributed by atoms with Crippen molar-refractivity contribution in [2.75, 3.05) is 13.7 Å². The summed E-state index contributed by atoms with van der Waals surface area (Å²) in [6, 6.07) is 14.4. The topological polar surface area (TPSA) is 84.9 Å². The summed E-state index contributed by atoms with van der Waals surface area (Å²) in [7, 11) is 1.58. The van der Waals surface area contributed by atoms with E-state index in [1.165, 1.54) is 0 Å². The van der Waals surface area contributed by atoms with E-state index in [-0.39, 0.29) is 5.91 Å². The zero-order valence-corrected chi connectivity index (χ0v) is 15.1. The van der Waals surface area contributed by atoms with E-state index >= 15 is 0 Å². The molecule has 2 rings (SSSR count). The van der Waals surface area contributed by atoms with Gasteiger partial charge in [-0.3, -0.25) is 4.79 Å². The fourth-order valence-electron chi connectivity index (χ4n) is 2.58. The van der Waals surface area contributed by atoms with Crippen LogP contribution in [-0.2, 0) is 21.5 Å². The number of carboxylic acids is 1. The Morgan fingerprint density at radius 3 is 2.54 bits per heavy atom.